The first-order valence-electron chi connectivity index (χ1n) is 8.81. The zero-order chi connectivity index (χ0) is 19.7. The van der Waals surface area contributed by atoms with Crippen LogP contribution in [0.4, 0.5) is 0 Å². The molecule has 1 N–H and O–H groups in total. The molecule has 2 aromatic rings. The van der Waals surface area contributed by atoms with Gasteiger partial charge < -0.3 is 5.11 Å². The fraction of sp³-hybridized carbons (Fsp3) is 0.524. The molecule has 1 aromatic heterocycles. The van der Waals surface area contributed by atoms with Crippen molar-refractivity contribution in [2.24, 2.45) is 0 Å². The van der Waals surface area contributed by atoms with E-state index in [4.69, 9.17) is 10.2 Å². The van der Waals surface area contributed by atoms with Gasteiger partial charge in [-0.05, 0) is 30.0 Å². The van der Waals surface area contributed by atoms with Gasteiger partial charge in [0.15, 0.2) is 0 Å². The summed E-state index contributed by atoms with van der Waals surface area (Å²) < 4.78 is 0. The number of benzene rings is 1. The highest BCUT2D eigenvalue weighted by molar-refractivity contribution is 7.09. The van der Waals surface area contributed by atoms with Crippen LogP contribution >= 0.6 is 11.3 Å². The minimum absolute atomic E-state index is 0.161. The Kier molecular flexibility index (Phi) is 5.79. The summed E-state index contributed by atoms with van der Waals surface area (Å²) in [6, 6.07) is 6.27. The van der Waals surface area contributed by atoms with E-state index in [-0.39, 0.29) is 10.8 Å². The van der Waals surface area contributed by atoms with Crippen LogP contribution in [-0.2, 0) is 17.4 Å². The van der Waals surface area contributed by atoms with Gasteiger partial charge in [-0.25, -0.2) is 4.98 Å². The van der Waals surface area contributed by atoms with Crippen molar-refractivity contribution in [1.82, 2.24) is 9.88 Å². The summed E-state index contributed by atoms with van der Waals surface area (Å²) >= 11 is 1.60. The van der Waals surface area contributed by atoms with Crippen molar-refractivity contribution in [3.8, 4) is 23.1 Å². The van der Waals surface area contributed by atoms with E-state index in [1.165, 1.54) is 0 Å². The van der Waals surface area contributed by atoms with Gasteiger partial charge in [-0.2, -0.15) is 5.26 Å². The fourth-order valence-electron chi connectivity index (χ4n) is 2.85. The smallest absolute Gasteiger partial charge is 0.123 e. The molecular weight excluding hydrogens is 342 g/mol. The van der Waals surface area contributed by atoms with Crippen LogP contribution in [0.25, 0.3) is 11.3 Å². The third-order valence-electron chi connectivity index (χ3n) is 4.32. The van der Waals surface area contributed by atoms with Gasteiger partial charge in [0.25, 0.3) is 0 Å². The van der Waals surface area contributed by atoms with Crippen LogP contribution in [0.2, 0.25) is 0 Å². The van der Waals surface area contributed by atoms with Crippen LogP contribution < -0.4 is 0 Å². The normalized spacial score (nSPS) is 12.4. The summed E-state index contributed by atoms with van der Waals surface area (Å²) in [5.41, 5.74) is 3.51. The van der Waals surface area contributed by atoms with E-state index in [0.717, 1.165) is 27.4 Å². The van der Waals surface area contributed by atoms with Crippen LogP contribution in [0.1, 0.15) is 57.7 Å². The summed E-state index contributed by atoms with van der Waals surface area (Å²) in [6.45, 7) is 13.7. The van der Waals surface area contributed by atoms with Crippen LogP contribution in [-0.4, -0.2) is 28.6 Å². The quantitative estimate of drug-likeness (QED) is 0.763. The van der Waals surface area contributed by atoms with Gasteiger partial charge in [-0.15, -0.1) is 11.3 Å². The fourth-order valence-corrected chi connectivity index (χ4v) is 3.73. The largest absolute Gasteiger partial charge is 0.507 e. The molecule has 0 fully saturated rings. The SMILES string of the molecule is CN(CC#N)Cc1nc(-c2cc(C(C)(C)C)c(O)c(C(C)(C)C)c2)cs1. The maximum absolute atomic E-state index is 10.9. The summed E-state index contributed by atoms with van der Waals surface area (Å²) in [6.07, 6.45) is 0. The molecule has 4 nitrogen and oxygen atoms in total. The number of rotatable bonds is 4. The van der Waals surface area contributed by atoms with Crippen molar-refractivity contribution in [1.29, 1.82) is 5.26 Å². The van der Waals surface area contributed by atoms with E-state index in [2.05, 4.69) is 65.1 Å². The standard InChI is InChI=1S/C21H29N3OS/c1-20(2,3)15-10-14(11-16(19(15)25)21(4,5)6)17-13-26-18(23-17)12-24(7)9-8-22/h10-11,13,25H,9,12H2,1-7H3. The van der Waals surface area contributed by atoms with Crippen LogP contribution in [0.3, 0.4) is 0 Å². The third kappa shape index (κ3) is 4.63. The Bertz CT molecular complexity index is 784. The van der Waals surface area contributed by atoms with Crippen molar-refractivity contribution in [2.75, 3.05) is 13.6 Å². The topological polar surface area (TPSA) is 60.2 Å². The van der Waals surface area contributed by atoms with E-state index in [0.29, 0.717) is 18.8 Å². The van der Waals surface area contributed by atoms with Crippen molar-refractivity contribution in [3.63, 3.8) is 0 Å². The Hall–Kier alpha value is -1.90. The molecule has 5 heteroatoms. The molecule has 0 bridgehead atoms. The molecule has 2 rings (SSSR count). The molecule has 0 atom stereocenters. The number of nitrogens with zero attached hydrogens (tertiary/aromatic N) is 3. The summed E-state index contributed by atoms with van der Waals surface area (Å²) in [4.78, 5) is 6.71. The summed E-state index contributed by atoms with van der Waals surface area (Å²) in [5, 5.41) is 22.7. The zero-order valence-corrected chi connectivity index (χ0v) is 17.7. The lowest BCUT2D eigenvalue weighted by atomic mass is 9.78. The molecule has 0 saturated carbocycles. The highest BCUT2D eigenvalue weighted by Gasteiger charge is 2.27. The third-order valence-corrected chi connectivity index (χ3v) is 5.15. The van der Waals surface area contributed by atoms with Crippen LogP contribution in [0, 0.1) is 11.3 Å². The average Bonchev–Trinajstić information content (AvgIpc) is 2.93. The first-order valence-corrected chi connectivity index (χ1v) is 9.69. The second-order valence-electron chi connectivity index (χ2n) is 8.88. The Balaban J connectivity index is 2.50. The molecular formula is C21H29N3OS. The summed E-state index contributed by atoms with van der Waals surface area (Å²) in [5.74, 6) is 0.387. The van der Waals surface area contributed by atoms with E-state index in [1.807, 2.05) is 11.9 Å². The van der Waals surface area contributed by atoms with E-state index in [9.17, 15) is 5.11 Å². The zero-order valence-electron chi connectivity index (χ0n) is 16.8. The average molecular weight is 372 g/mol. The Labute approximate surface area is 161 Å². The highest BCUT2D eigenvalue weighted by atomic mass is 32.1. The van der Waals surface area contributed by atoms with Gasteiger partial charge in [0.1, 0.15) is 10.8 Å². The Morgan fingerprint density at radius 1 is 1.12 bits per heavy atom. The van der Waals surface area contributed by atoms with Crippen LogP contribution in [0.15, 0.2) is 17.5 Å². The lowest BCUT2D eigenvalue weighted by molar-refractivity contribution is 0.367. The van der Waals surface area contributed by atoms with Gasteiger partial charge in [-0.3, -0.25) is 4.90 Å². The molecule has 26 heavy (non-hydrogen) atoms. The summed E-state index contributed by atoms with van der Waals surface area (Å²) in [7, 11) is 1.92. The lowest BCUT2D eigenvalue weighted by Crippen LogP contribution is -2.18. The molecule has 0 aliphatic heterocycles. The van der Waals surface area contributed by atoms with E-state index in [1.54, 1.807) is 11.3 Å². The molecule has 0 aliphatic carbocycles. The molecule has 140 valence electrons. The minimum atomic E-state index is -0.161. The highest BCUT2D eigenvalue weighted by Crippen LogP contribution is 2.42. The second kappa shape index (κ2) is 7.38. The number of nitriles is 1. The van der Waals surface area contributed by atoms with Crippen molar-refractivity contribution in [3.05, 3.63) is 33.6 Å². The number of hydrogen-bond donors (Lipinski definition) is 1. The van der Waals surface area contributed by atoms with Crippen molar-refractivity contribution >= 4 is 11.3 Å². The Morgan fingerprint density at radius 2 is 1.65 bits per heavy atom. The van der Waals surface area contributed by atoms with Gasteiger partial charge in [0, 0.05) is 22.1 Å². The second-order valence-corrected chi connectivity index (χ2v) is 9.82. The van der Waals surface area contributed by atoms with Gasteiger partial charge in [-0.1, -0.05) is 41.5 Å². The van der Waals surface area contributed by atoms with Gasteiger partial charge in [0.05, 0.1) is 24.9 Å². The molecule has 0 aliphatic rings. The molecule has 0 spiro atoms. The maximum Gasteiger partial charge on any atom is 0.123 e. The monoisotopic (exact) mass is 371 g/mol. The number of thiazole rings is 1. The number of phenolic OH excluding ortho intramolecular Hbond substituents is 1. The van der Waals surface area contributed by atoms with Gasteiger partial charge in [0.2, 0.25) is 0 Å². The molecule has 1 heterocycles. The minimum Gasteiger partial charge on any atom is -0.507 e. The van der Waals surface area contributed by atoms with Crippen molar-refractivity contribution in [2.45, 2.75) is 58.9 Å². The van der Waals surface area contributed by atoms with Crippen LogP contribution in [0.5, 0.6) is 5.75 Å². The van der Waals surface area contributed by atoms with E-state index >= 15 is 0 Å². The lowest BCUT2D eigenvalue weighted by Gasteiger charge is -2.28. The molecule has 0 unspecified atom stereocenters. The molecule has 0 radical (unpaired) electrons. The maximum atomic E-state index is 10.9. The van der Waals surface area contributed by atoms with Gasteiger partial charge >= 0.3 is 0 Å². The number of aromatic nitrogens is 1. The predicted molar refractivity (Wildman–Crippen MR) is 109 cm³/mol. The first kappa shape index (κ1) is 20.4. The van der Waals surface area contributed by atoms with Crippen molar-refractivity contribution < 1.29 is 5.11 Å². The molecule has 0 amide bonds. The van der Waals surface area contributed by atoms with E-state index < -0.39 is 0 Å². The first-order chi connectivity index (χ1) is 11.9. The molecule has 0 saturated heterocycles. The predicted octanol–water partition coefficient (Wildman–Crippen LogP) is 5.07. The Morgan fingerprint density at radius 3 is 2.12 bits per heavy atom. The molecule has 1 aromatic carbocycles. The number of hydrogen-bond acceptors (Lipinski definition) is 5. The number of phenols is 1. The number of aromatic hydroxyl groups is 1.